The van der Waals surface area contributed by atoms with Gasteiger partial charge in [0.05, 0.1) is 11.9 Å². The van der Waals surface area contributed by atoms with Gasteiger partial charge >= 0.3 is 0 Å². The number of pyridine rings is 1. The van der Waals surface area contributed by atoms with E-state index in [-0.39, 0.29) is 5.54 Å². The maximum atomic E-state index is 5.58. The SMILES string of the molecule is CC(C)(C)NCc1ccc(OCc2ncccn2)cn1. The van der Waals surface area contributed by atoms with Crippen LogP contribution in [-0.2, 0) is 13.2 Å². The van der Waals surface area contributed by atoms with Crippen LogP contribution >= 0.6 is 0 Å². The average Bonchev–Trinajstić information content (AvgIpc) is 2.44. The monoisotopic (exact) mass is 272 g/mol. The Labute approximate surface area is 119 Å². The molecule has 5 nitrogen and oxygen atoms in total. The number of ether oxygens (including phenoxy) is 1. The molecule has 20 heavy (non-hydrogen) atoms. The van der Waals surface area contributed by atoms with Gasteiger partial charge in [-0.3, -0.25) is 4.98 Å². The molecular weight excluding hydrogens is 252 g/mol. The fourth-order valence-corrected chi connectivity index (χ4v) is 1.51. The summed E-state index contributed by atoms with van der Waals surface area (Å²) in [6, 6.07) is 5.65. The predicted molar refractivity (Wildman–Crippen MR) is 77.2 cm³/mol. The normalized spacial score (nSPS) is 11.3. The van der Waals surface area contributed by atoms with E-state index in [1.54, 1.807) is 24.7 Å². The second-order valence-electron chi connectivity index (χ2n) is 5.54. The molecule has 0 saturated carbocycles. The topological polar surface area (TPSA) is 59.9 Å². The van der Waals surface area contributed by atoms with Crippen LogP contribution in [0.1, 0.15) is 32.3 Å². The van der Waals surface area contributed by atoms with Crippen LogP contribution in [0, 0.1) is 0 Å². The molecule has 0 aromatic carbocycles. The lowest BCUT2D eigenvalue weighted by Crippen LogP contribution is -2.35. The van der Waals surface area contributed by atoms with Crippen molar-refractivity contribution < 1.29 is 4.74 Å². The Morgan fingerprint density at radius 3 is 2.45 bits per heavy atom. The summed E-state index contributed by atoms with van der Waals surface area (Å²) in [6.07, 6.45) is 5.12. The molecule has 0 radical (unpaired) electrons. The van der Waals surface area contributed by atoms with E-state index in [1.807, 2.05) is 12.1 Å². The summed E-state index contributed by atoms with van der Waals surface area (Å²) in [5.74, 6) is 1.38. The lowest BCUT2D eigenvalue weighted by Gasteiger charge is -2.20. The summed E-state index contributed by atoms with van der Waals surface area (Å²) < 4.78 is 5.58. The Morgan fingerprint density at radius 2 is 1.85 bits per heavy atom. The van der Waals surface area contributed by atoms with E-state index in [1.165, 1.54) is 0 Å². The van der Waals surface area contributed by atoms with Gasteiger partial charge in [0.2, 0.25) is 0 Å². The van der Waals surface area contributed by atoms with Gasteiger partial charge in [-0.2, -0.15) is 0 Å². The zero-order chi connectivity index (χ0) is 14.4. The highest BCUT2D eigenvalue weighted by Crippen LogP contribution is 2.11. The minimum atomic E-state index is 0.0848. The molecule has 0 bridgehead atoms. The molecule has 0 fully saturated rings. The molecule has 0 amide bonds. The molecule has 0 spiro atoms. The van der Waals surface area contributed by atoms with Gasteiger partial charge in [0.1, 0.15) is 12.4 Å². The van der Waals surface area contributed by atoms with Gasteiger partial charge in [-0.15, -0.1) is 0 Å². The third-order valence-electron chi connectivity index (χ3n) is 2.58. The van der Waals surface area contributed by atoms with Crippen LogP contribution in [-0.4, -0.2) is 20.5 Å². The lowest BCUT2D eigenvalue weighted by molar-refractivity contribution is 0.294. The van der Waals surface area contributed by atoms with Gasteiger partial charge in [0.25, 0.3) is 0 Å². The van der Waals surface area contributed by atoms with Crippen molar-refractivity contribution in [3.05, 3.63) is 48.3 Å². The molecule has 0 aliphatic heterocycles. The van der Waals surface area contributed by atoms with Crippen LogP contribution in [0.4, 0.5) is 0 Å². The largest absolute Gasteiger partial charge is 0.484 e. The van der Waals surface area contributed by atoms with Crippen molar-refractivity contribution in [2.75, 3.05) is 0 Å². The van der Waals surface area contributed by atoms with Crippen LogP contribution in [0.2, 0.25) is 0 Å². The molecular formula is C15H20N4O. The Bertz CT molecular complexity index is 520. The molecule has 2 aromatic heterocycles. The molecule has 1 N–H and O–H groups in total. The Kier molecular flexibility index (Phi) is 4.63. The van der Waals surface area contributed by atoms with Crippen LogP contribution in [0.25, 0.3) is 0 Å². The zero-order valence-corrected chi connectivity index (χ0v) is 12.1. The molecule has 0 saturated heterocycles. The molecule has 0 aliphatic carbocycles. The molecule has 106 valence electrons. The summed E-state index contributed by atoms with van der Waals surface area (Å²) in [5, 5.41) is 3.39. The lowest BCUT2D eigenvalue weighted by atomic mass is 10.1. The van der Waals surface area contributed by atoms with E-state index in [2.05, 4.69) is 41.0 Å². The Balaban J connectivity index is 1.85. The highest BCUT2D eigenvalue weighted by molar-refractivity contribution is 5.20. The van der Waals surface area contributed by atoms with Crippen molar-refractivity contribution in [3.63, 3.8) is 0 Å². The standard InChI is InChI=1S/C15H20N4O/c1-15(2,3)19-9-12-5-6-13(10-18-12)20-11-14-16-7-4-8-17-14/h4-8,10,19H,9,11H2,1-3H3. The number of aromatic nitrogens is 3. The Hall–Kier alpha value is -2.01. The highest BCUT2D eigenvalue weighted by Gasteiger charge is 2.08. The van der Waals surface area contributed by atoms with Crippen molar-refractivity contribution in [2.45, 2.75) is 39.5 Å². The maximum absolute atomic E-state index is 5.58. The summed E-state index contributed by atoms with van der Waals surface area (Å²) >= 11 is 0. The fourth-order valence-electron chi connectivity index (χ4n) is 1.51. The van der Waals surface area contributed by atoms with Gasteiger partial charge in [0, 0.05) is 24.5 Å². The smallest absolute Gasteiger partial charge is 0.166 e. The summed E-state index contributed by atoms with van der Waals surface area (Å²) in [5.41, 5.74) is 1.07. The van der Waals surface area contributed by atoms with Crippen LogP contribution in [0.5, 0.6) is 5.75 Å². The maximum Gasteiger partial charge on any atom is 0.166 e. The van der Waals surface area contributed by atoms with Crippen molar-refractivity contribution in [1.82, 2.24) is 20.3 Å². The van der Waals surface area contributed by atoms with E-state index in [0.717, 1.165) is 18.0 Å². The van der Waals surface area contributed by atoms with Gasteiger partial charge in [0.15, 0.2) is 5.82 Å². The number of rotatable bonds is 5. The van der Waals surface area contributed by atoms with E-state index in [0.29, 0.717) is 12.4 Å². The first-order valence-electron chi connectivity index (χ1n) is 6.61. The van der Waals surface area contributed by atoms with Gasteiger partial charge < -0.3 is 10.1 Å². The molecule has 2 aromatic rings. The Morgan fingerprint density at radius 1 is 1.10 bits per heavy atom. The van der Waals surface area contributed by atoms with E-state index < -0.39 is 0 Å². The van der Waals surface area contributed by atoms with Gasteiger partial charge in [-0.25, -0.2) is 9.97 Å². The van der Waals surface area contributed by atoms with Crippen molar-refractivity contribution in [3.8, 4) is 5.75 Å². The van der Waals surface area contributed by atoms with Crippen molar-refractivity contribution >= 4 is 0 Å². The summed E-state index contributed by atoms with van der Waals surface area (Å²) in [4.78, 5) is 12.6. The summed E-state index contributed by atoms with van der Waals surface area (Å²) in [6.45, 7) is 7.48. The molecule has 0 aliphatic rings. The van der Waals surface area contributed by atoms with Crippen LogP contribution < -0.4 is 10.1 Å². The second kappa shape index (κ2) is 6.43. The predicted octanol–water partition coefficient (Wildman–Crippen LogP) is 2.34. The number of hydrogen-bond donors (Lipinski definition) is 1. The van der Waals surface area contributed by atoms with Gasteiger partial charge in [-0.1, -0.05) is 0 Å². The second-order valence-corrected chi connectivity index (χ2v) is 5.54. The highest BCUT2D eigenvalue weighted by atomic mass is 16.5. The third-order valence-corrected chi connectivity index (χ3v) is 2.58. The number of nitrogens with zero attached hydrogens (tertiary/aromatic N) is 3. The van der Waals surface area contributed by atoms with E-state index in [4.69, 9.17) is 4.74 Å². The molecule has 0 unspecified atom stereocenters. The quantitative estimate of drug-likeness (QED) is 0.905. The first kappa shape index (κ1) is 14.4. The zero-order valence-electron chi connectivity index (χ0n) is 12.1. The van der Waals surface area contributed by atoms with E-state index in [9.17, 15) is 0 Å². The molecule has 0 atom stereocenters. The molecule has 2 heterocycles. The first-order valence-corrected chi connectivity index (χ1v) is 6.61. The third kappa shape index (κ3) is 4.93. The van der Waals surface area contributed by atoms with E-state index >= 15 is 0 Å². The molecule has 5 heteroatoms. The number of hydrogen-bond acceptors (Lipinski definition) is 5. The summed E-state index contributed by atoms with van der Waals surface area (Å²) in [7, 11) is 0. The van der Waals surface area contributed by atoms with Crippen molar-refractivity contribution in [1.29, 1.82) is 0 Å². The molecule has 2 rings (SSSR count). The van der Waals surface area contributed by atoms with Crippen molar-refractivity contribution in [2.24, 2.45) is 0 Å². The average molecular weight is 272 g/mol. The van der Waals surface area contributed by atoms with Crippen LogP contribution in [0.15, 0.2) is 36.8 Å². The van der Waals surface area contributed by atoms with Gasteiger partial charge in [-0.05, 0) is 39.0 Å². The van der Waals surface area contributed by atoms with Crippen LogP contribution in [0.3, 0.4) is 0 Å². The number of nitrogens with one attached hydrogen (secondary N) is 1. The minimum absolute atomic E-state index is 0.0848. The first-order chi connectivity index (χ1) is 9.53. The minimum Gasteiger partial charge on any atom is -0.484 e. The fraction of sp³-hybridized carbons (Fsp3) is 0.400.